The van der Waals surface area contributed by atoms with Gasteiger partial charge in [-0.15, -0.1) is 0 Å². The highest BCUT2D eigenvalue weighted by atomic mass is 19.1. The van der Waals surface area contributed by atoms with Gasteiger partial charge in [0.15, 0.2) is 0 Å². The number of H-pyrrole nitrogens is 1. The summed E-state index contributed by atoms with van der Waals surface area (Å²) in [5.74, 6) is 0.0845. The molecule has 2 aromatic rings. The molecule has 0 saturated carbocycles. The number of aromatic nitrogens is 1. The molecule has 3 heterocycles. The maximum absolute atomic E-state index is 13.3. The van der Waals surface area contributed by atoms with Crippen LogP contribution in [0.2, 0.25) is 0 Å². The Bertz CT molecular complexity index is 940. The van der Waals surface area contributed by atoms with Gasteiger partial charge in [-0.2, -0.15) is 0 Å². The zero-order valence-corrected chi connectivity index (χ0v) is 16.6. The van der Waals surface area contributed by atoms with Gasteiger partial charge in [-0.1, -0.05) is 18.2 Å². The fourth-order valence-electron chi connectivity index (χ4n) is 5.63. The Hall–Kier alpha value is -2.14. The van der Waals surface area contributed by atoms with E-state index in [1.807, 2.05) is 4.90 Å². The van der Waals surface area contributed by atoms with Crippen molar-refractivity contribution in [3.63, 3.8) is 0 Å². The monoisotopic (exact) mass is 381 g/mol. The molecule has 1 aromatic heterocycles. The Labute approximate surface area is 165 Å². The van der Waals surface area contributed by atoms with E-state index < -0.39 is 0 Å². The summed E-state index contributed by atoms with van der Waals surface area (Å²) in [6.45, 7) is 5.34. The molecule has 0 bridgehead atoms. The Morgan fingerprint density at radius 3 is 2.86 bits per heavy atom. The SMILES string of the molecule is C[C@H]1C[C@H](C)N1C(=O)[C@@H]1C=C2c3cccc4[nH]cc(c34)CC2N(CCCF)C1. The van der Waals surface area contributed by atoms with Gasteiger partial charge in [0.25, 0.3) is 0 Å². The molecule has 4 atom stereocenters. The number of amides is 1. The average molecular weight is 381 g/mol. The zero-order valence-electron chi connectivity index (χ0n) is 16.6. The van der Waals surface area contributed by atoms with Crippen LogP contribution in [0.25, 0.3) is 16.5 Å². The third-order valence-corrected chi connectivity index (χ3v) is 6.91. The highest BCUT2D eigenvalue weighted by molar-refractivity contribution is 5.99. The Balaban J connectivity index is 1.56. The van der Waals surface area contributed by atoms with Crippen molar-refractivity contribution < 1.29 is 9.18 Å². The smallest absolute Gasteiger partial charge is 0.231 e. The summed E-state index contributed by atoms with van der Waals surface area (Å²) in [6, 6.07) is 7.24. The normalized spacial score (nSPS) is 29.4. The number of benzene rings is 1. The first kappa shape index (κ1) is 17.9. The molecule has 5 rings (SSSR count). The van der Waals surface area contributed by atoms with E-state index in [1.165, 1.54) is 22.1 Å². The minimum atomic E-state index is -0.313. The fourth-order valence-corrected chi connectivity index (χ4v) is 5.63. The number of aromatic amines is 1. The number of rotatable bonds is 4. The van der Waals surface area contributed by atoms with Gasteiger partial charge in [-0.25, -0.2) is 0 Å². The van der Waals surface area contributed by atoms with Crippen molar-refractivity contribution in [1.29, 1.82) is 0 Å². The summed E-state index contributed by atoms with van der Waals surface area (Å²) >= 11 is 0. The van der Waals surface area contributed by atoms with Crippen LogP contribution in [0, 0.1) is 5.92 Å². The molecular formula is C23H28FN3O. The molecule has 3 aliphatic rings. The average Bonchev–Trinajstić information content (AvgIpc) is 3.10. The highest BCUT2D eigenvalue weighted by Crippen LogP contribution is 2.42. The highest BCUT2D eigenvalue weighted by Gasteiger charge is 2.42. The molecule has 1 fully saturated rings. The lowest BCUT2D eigenvalue weighted by Gasteiger charge is -2.49. The van der Waals surface area contributed by atoms with Gasteiger partial charge in [0.05, 0.1) is 12.6 Å². The second-order valence-electron chi connectivity index (χ2n) is 8.71. The zero-order chi connectivity index (χ0) is 19.4. The molecule has 4 nitrogen and oxygen atoms in total. The van der Waals surface area contributed by atoms with Crippen molar-refractivity contribution in [1.82, 2.24) is 14.8 Å². The van der Waals surface area contributed by atoms with E-state index in [1.54, 1.807) is 0 Å². The van der Waals surface area contributed by atoms with Gasteiger partial charge in [0, 0.05) is 48.3 Å². The van der Waals surface area contributed by atoms with Gasteiger partial charge in [0.2, 0.25) is 5.91 Å². The molecular weight excluding hydrogens is 353 g/mol. The van der Waals surface area contributed by atoms with Crippen LogP contribution in [-0.4, -0.2) is 58.6 Å². The molecule has 1 N–H and O–H groups in total. The standard InChI is InChI=1S/C23H28FN3O/c1-14-9-15(2)27(14)23(28)17-10-19-18-5-3-6-20-22(18)16(12-25-20)11-21(19)26(13-17)8-4-7-24/h3,5-6,10,12,14-15,17,21,25H,4,7-9,11,13H2,1-2H3/t14-,15-,17+,21?/m0/s1. The van der Waals surface area contributed by atoms with Crippen LogP contribution in [0.1, 0.15) is 37.8 Å². The summed E-state index contributed by atoms with van der Waals surface area (Å²) in [4.78, 5) is 21.1. The quantitative estimate of drug-likeness (QED) is 0.876. The first-order valence-electron chi connectivity index (χ1n) is 10.5. The van der Waals surface area contributed by atoms with Gasteiger partial charge in [-0.05, 0) is 55.9 Å². The van der Waals surface area contributed by atoms with Gasteiger partial charge in [0.1, 0.15) is 0 Å². The fraction of sp³-hybridized carbons (Fsp3) is 0.522. The number of hydrogen-bond donors (Lipinski definition) is 1. The lowest BCUT2D eigenvalue weighted by atomic mass is 9.79. The summed E-state index contributed by atoms with van der Waals surface area (Å²) < 4.78 is 13.0. The third-order valence-electron chi connectivity index (χ3n) is 6.91. The minimum Gasteiger partial charge on any atom is -0.361 e. The summed E-state index contributed by atoms with van der Waals surface area (Å²) in [5.41, 5.74) is 4.97. The Morgan fingerprint density at radius 2 is 2.11 bits per heavy atom. The maximum Gasteiger partial charge on any atom is 0.231 e. The number of nitrogens with one attached hydrogen (secondary N) is 1. The number of nitrogens with zero attached hydrogens (tertiary/aromatic N) is 2. The van der Waals surface area contributed by atoms with Crippen LogP contribution >= 0.6 is 0 Å². The van der Waals surface area contributed by atoms with Crippen LogP contribution in [0.4, 0.5) is 4.39 Å². The minimum absolute atomic E-state index is 0.146. The lowest BCUT2D eigenvalue weighted by molar-refractivity contribution is -0.146. The molecule has 1 unspecified atom stereocenters. The van der Waals surface area contributed by atoms with Crippen LogP contribution in [-0.2, 0) is 11.2 Å². The van der Waals surface area contributed by atoms with Crippen molar-refractivity contribution in [2.45, 2.75) is 51.2 Å². The molecule has 0 spiro atoms. The van der Waals surface area contributed by atoms with E-state index in [0.29, 0.717) is 31.6 Å². The molecule has 28 heavy (non-hydrogen) atoms. The number of halogens is 1. The molecule has 5 heteroatoms. The Morgan fingerprint density at radius 1 is 1.29 bits per heavy atom. The van der Waals surface area contributed by atoms with E-state index in [-0.39, 0.29) is 24.5 Å². The molecule has 1 amide bonds. The van der Waals surface area contributed by atoms with E-state index in [9.17, 15) is 9.18 Å². The number of carbonyl (C=O) groups is 1. The second-order valence-corrected chi connectivity index (χ2v) is 8.71. The largest absolute Gasteiger partial charge is 0.361 e. The van der Waals surface area contributed by atoms with E-state index in [0.717, 1.165) is 18.4 Å². The molecule has 1 aliphatic carbocycles. The first-order chi connectivity index (χ1) is 13.6. The van der Waals surface area contributed by atoms with Gasteiger partial charge >= 0.3 is 0 Å². The van der Waals surface area contributed by atoms with E-state index in [2.05, 4.69) is 54.2 Å². The van der Waals surface area contributed by atoms with Gasteiger partial charge in [-0.3, -0.25) is 14.1 Å². The number of likely N-dealkylation sites (tertiary alicyclic amines) is 1. The lowest BCUT2D eigenvalue weighted by Crippen LogP contribution is -2.59. The summed E-state index contributed by atoms with van der Waals surface area (Å²) in [6.07, 6.45) is 6.85. The van der Waals surface area contributed by atoms with Crippen molar-refractivity contribution in [2.75, 3.05) is 19.8 Å². The number of alkyl halides is 1. The van der Waals surface area contributed by atoms with Crippen LogP contribution < -0.4 is 0 Å². The van der Waals surface area contributed by atoms with Crippen LogP contribution in [0.15, 0.2) is 30.5 Å². The molecule has 1 aromatic carbocycles. The predicted octanol–water partition coefficient (Wildman–Crippen LogP) is 3.78. The van der Waals surface area contributed by atoms with E-state index >= 15 is 0 Å². The maximum atomic E-state index is 13.3. The topological polar surface area (TPSA) is 39.3 Å². The molecule has 0 radical (unpaired) electrons. The number of hydrogen-bond acceptors (Lipinski definition) is 2. The van der Waals surface area contributed by atoms with Crippen LogP contribution in [0.3, 0.4) is 0 Å². The second kappa shape index (κ2) is 6.73. The molecule has 148 valence electrons. The first-order valence-corrected chi connectivity index (χ1v) is 10.5. The summed E-state index contributed by atoms with van der Waals surface area (Å²) in [7, 11) is 0. The van der Waals surface area contributed by atoms with Crippen molar-refractivity contribution in [2.24, 2.45) is 5.92 Å². The predicted molar refractivity (Wildman–Crippen MR) is 110 cm³/mol. The number of carbonyl (C=O) groups excluding carboxylic acids is 1. The molecule has 2 aliphatic heterocycles. The van der Waals surface area contributed by atoms with Crippen LogP contribution in [0.5, 0.6) is 0 Å². The number of fused-ring (bicyclic) bond motifs is 2. The Kier molecular flexibility index (Phi) is 4.31. The molecule has 1 saturated heterocycles. The summed E-state index contributed by atoms with van der Waals surface area (Å²) in [5, 5.41) is 1.29. The third kappa shape index (κ3) is 2.63. The van der Waals surface area contributed by atoms with Gasteiger partial charge < -0.3 is 9.88 Å². The van der Waals surface area contributed by atoms with Crippen molar-refractivity contribution >= 4 is 22.4 Å². The van der Waals surface area contributed by atoms with Crippen molar-refractivity contribution in [3.8, 4) is 0 Å². The van der Waals surface area contributed by atoms with Crippen molar-refractivity contribution in [3.05, 3.63) is 41.6 Å². The van der Waals surface area contributed by atoms with E-state index in [4.69, 9.17) is 0 Å².